The van der Waals surface area contributed by atoms with Crippen molar-refractivity contribution >= 4 is 16.7 Å². The van der Waals surface area contributed by atoms with Gasteiger partial charge >= 0.3 is 0 Å². The van der Waals surface area contributed by atoms with Gasteiger partial charge < -0.3 is 5.32 Å². The van der Waals surface area contributed by atoms with Crippen molar-refractivity contribution in [2.24, 2.45) is 5.92 Å². The standard InChI is InChI=1S/C10H14N4/c1-7(2)6-11-8-3-4-9-10(5-8)13-14-12-9/h3-5,7,11H,6H2,1-2H3,(H,12,13,14). The summed E-state index contributed by atoms with van der Waals surface area (Å²) >= 11 is 0. The van der Waals surface area contributed by atoms with Gasteiger partial charge in [-0.05, 0) is 24.1 Å². The predicted molar refractivity (Wildman–Crippen MR) is 57.2 cm³/mol. The third-order valence-corrected chi connectivity index (χ3v) is 2.03. The smallest absolute Gasteiger partial charge is 0.115 e. The molecule has 0 bridgehead atoms. The molecule has 1 aromatic heterocycles. The van der Waals surface area contributed by atoms with Gasteiger partial charge in [0, 0.05) is 12.2 Å². The fourth-order valence-corrected chi connectivity index (χ4v) is 1.27. The Bertz CT molecular complexity index is 419. The van der Waals surface area contributed by atoms with Crippen molar-refractivity contribution < 1.29 is 0 Å². The molecular formula is C10H14N4. The van der Waals surface area contributed by atoms with Gasteiger partial charge in [0.25, 0.3) is 0 Å². The first kappa shape index (κ1) is 8.99. The van der Waals surface area contributed by atoms with Crippen LogP contribution in [0.5, 0.6) is 0 Å². The van der Waals surface area contributed by atoms with E-state index in [0.29, 0.717) is 5.92 Å². The minimum absolute atomic E-state index is 0.642. The third-order valence-electron chi connectivity index (χ3n) is 2.03. The van der Waals surface area contributed by atoms with Crippen LogP contribution >= 0.6 is 0 Å². The molecule has 14 heavy (non-hydrogen) atoms. The van der Waals surface area contributed by atoms with E-state index in [2.05, 4.69) is 34.6 Å². The number of hydrogen-bond acceptors (Lipinski definition) is 3. The van der Waals surface area contributed by atoms with Gasteiger partial charge in [0.05, 0.1) is 0 Å². The summed E-state index contributed by atoms with van der Waals surface area (Å²) in [5, 5.41) is 14.0. The molecule has 0 unspecified atom stereocenters. The van der Waals surface area contributed by atoms with Crippen molar-refractivity contribution in [3.05, 3.63) is 18.2 Å². The lowest BCUT2D eigenvalue weighted by atomic mass is 10.2. The molecule has 4 heteroatoms. The molecule has 1 heterocycles. The summed E-state index contributed by atoms with van der Waals surface area (Å²) in [6, 6.07) is 5.98. The monoisotopic (exact) mass is 190 g/mol. The Morgan fingerprint density at radius 1 is 1.29 bits per heavy atom. The van der Waals surface area contributed by atoms with Crippen molar-refractivity contribution in [3.63, 3.8) is 0 Å². The molecule has 74 valence electrons. The Kier molecular flexibility index (Phi) is 2.35. The minimum Gasteiger partial charge on any atom is -0.385 e. The summed E-state index contributed by atoms with van der Waals surface area (Å²) in [6.45, 7) is 5.34. The van der Waals surface area contributed by atoms with Gasteiger partial charge in [-0.3, -0.25) is 0 Å². The van der Waals surface area contributed by atoms with Gasteiger partial charge in [-0.1, -0.05) is 13.8 Å². The zero-order valence-corrected chi connectivity index (χ0v) is 8.41. The van der Waals surface area contributed by atoms with Gasteiger partial charge in [0.15, 0.2) is 0 Å². The van der Waals surface area contributed by atoms with Crippen molar-refractivity contribution in [1.82, 2.24) is 15.4 Å². The summed E-state index contributed by atoms with van der Waals surface area (Å²) in [4.78, 5) is 0. The fraction of sp³-hybridized carbons (Fsp3) is 0.400. The van der Waals surface area contributed by atoms with E-state index in [1.54, 1.807) is 0 Å². The lowest BCUT2D eigenvalue weighted by Crippen LogP contribution is -2.07. The first-order valence-electron chi connectivity index (χ1n) is 4.80. The van der Waals surface area contributed by atoms with E-state index in [0.717, 1.165) is 23.3 Å². The maximum absolute atomic E-state index is 4.03. The number of nitrogens with zero attached hydrogens (tertiary/aromatic N) is 2. The summed E-state index contributed by atoms with van der Waals surface area (Å²) < 4.78 is 0. The average molecular weight is 190 g/mol. The summed E-state index contributed by atoms with van der Waals surface area (Å²) in [5.41, 5.74) is 2.90. The fourth-order valence-electron chi connectivity index (χ4n) is 1.27. The number of aromatic amines is 1. The largest absolute Gasteiger partial charge is 0.385 e. The number of anilines is 1. The van der Waals surface area contributed by atoms with Crippen LogP contribution in [0, 0.1) is 5.92 Å². The van der Waals surface area contributed by atoms with E-state index >= 15 is 0 Å². The normalized spacial score (nSPS) is 11.1. The number of aromatic nitrogens is 3. The maximum atomic E-state index is 4.03. The highest BCUT2D eigenvalue weighted by molar-refractivity contribution is 5.77. The lowest BCUT2D eigenvalue weighted by Gasteiger charge is -2.07. The van der Waals surface area contributed by atoms with Crippen LogP contribution in [0.1, 0.15) is 13.8 Å². The van der Waals surface area contributed by atoms with Crippen LogP contribution < -0.4 is 5.32 Å². The number of rotatable bonds is 3. The second kappa shape index (κ2) is 3.65. The highest BCUT2D eigenvalue weighted by Crippen LogP contribution is 2.14. The molecule has 0 amide bonds. The van der Waals surface area contributed by atoms with Crippen LogP contribution in [0.4, 0.5) is 5.69 Å². The van der Waals surface area contributed by atoms with Crippen LogP contribution in [-0.2, 0) is 0 Å². The molecule has 0 radical (unpaired) electrons. The highest BCUT2D eigenvalue weighted by atomic mass is 15.3. The van der Waals surface area contributed by atoms with E-state index in [-0.39, 0.29) is 0 Å². The quantitative estimate of drug-likeness (QED) is 0.778. The van der Waals surface area contributed by atoms with Gasteiger partial charge in [-0.25, -0.2) is 0 Å². The summed E-state index contributed by atoms with van der Waals surface area (Å²) in [5.74, 6) is 0.642. The van der Waals surface area contributed by atoms with Crippen LogP contribution in [0.25, 0.3) is 11.0 Å². The van der Waals surface area contributed by atoms with Crippen LogP contribution in [-0.4, -0.2) is 22.0 Å². The van der Waals surface area contributed by atoms with E-state index in [9.17, 15) is 0 Å². The van der Waals surface area contributed by atoms with E-state index in [4.69, 9.17) is 0 Å². The minimum atomic E-state index is 0.642. The number of hydrogen-bond donors (Lipinski definition) is 2. The first-order chi connectivity index (χ1) is 6.75. The second-order valence-corrected chi connectivity index (χ2v) is 3.80. The molecule has 0 saturated heterocycles. The van der Waals surface area contributed by atoms with Crippen molar-refractivity contribution in [3.8, 4) is 0 Å². The van der Waals surface area contributed by atoms with E-state index < -0.39 is 0 Å². The van der Waals surface area contributed by atoms with Gasteiger partial charge in [-0.15, -0.1) is 0 Å². The van der Waals surface area contributed by atoms with Crippen molar-refractivity contribution in [2.45, 2.75) is 13.8 Å². The number of fused-ring (bicyclic) bond motifs is 1. The second-order valence-electron chi connectivity index (χ2n) is 3.80. The first-order valence-corrected chi connectivity index (χ1v) is 4.80. The highest BCUT2D eigenvalue weighted by Gasteiger charge is 1.99. The Labute approximate surface area is 82.7 Å². The molecule has 2 aromatic rings. The molecule has 0 saturated carbocycles. The Hall–Kier alpha value is -1.58. The molecule has 1 aromatic carbocycles. The SMILES string of the molecule is CC(C)CNc1ccc2n[nH]nc2c1. The Morgan fingerprint density at radius 2 is 2.07 bits per heavy atom. The molecule has 2 N–H and O–H groups in total. The van der Waals surface area contributed by atoms with Crippen molar-refractivity contribution in [2.75, 3.05) is 11.9 Å². The Balaban J connectivity index is 2.17. The zero-order valence-electron chi connectivity index (χ0n) is 8.41. The summed E-state index contributed by atoms with van der Waals surface area (Å²) in [6.07, 6.45) is 0. The molecule has 0 fully saturated rings. The molecule has 2 rings (SSSR count). The Morgan fingerprint density at radius 3 is 2.86 bits per heavy atom. The van der Waals surface area contributed by atoms with Crippen LogP contribution in [0.2, 0.25) is 0 Å². The molecule has 0 spiro atoms. The van der Waals surface area contributed by atoms with Crippen molar-refractivity contribution in [1.29, 1.82) is 0 Å². The lowest BCUT2D eigenvalue weighted by molar-refractivity contribution is 0.689. The van der Waals surface area contributed by atoms with E-state index in [1.807, 2.05) is 18.2 Å². The summed E-state index contributed by atoms with van der Waals surface area (Å²) in [7, 11) is 0. The molecule has 4 nitrogen and oxygen atoms in total. The van der Waals surface area contributed by atoms with Crippen LogP contribution in [0.15, 0.2) is 18.2 Å². The predicted octanol–water partition coefficient (Wildman–Crippen LogP) is 2.03. The maximum Gasteiger partial charge on any atom is 0.115 e. The van der Waals surface area contributed by atoms with Crippen LogP contribution in [0.3, 0.4) is 0 Å². The molecule has 0 aliphatic heterocycles. The van der Waals surface area contributed by atoms with Gasteiger partial charge in [-0.2, -0.15) is 15.4 Å². The topological polar surface area (TPSA) is 53.6 Å². The average Bonchev–Trinajstić information content (AvgIpc) is 2.61. The van der Waals surface area contributed by atoms with Gasteiger partial charge in [0.1, 0.15) is 11.0 Å². The van der Waals surface area contributed by atoms with E-state index in [1.165, 1.54) is 0 Å². The molecular weight excluding hydrogens is 176 g/mol. The van der Waals surface area contributed by atoms with Gasteiger partial charge in [0.2, 0.25) is 0 Å². The molecule has 0 aliphatic carbocycles. The number of nitrogens with one attached hydrogen (secondary N) is 2. The zero-order chi connectivity index (χ0) is 9.97. The third kappa shape index (κ3) is 1.84. The number of benzene rings is 1. The number of H-pyrrole nitrogens is 1. The molecule has 0 aliphatic rings. The molecule has 0 atom stereocenters.